The number of ether oxygens (including phenoxy) is 1. The van der Waals surface area contributed by atoms with Crippen molar-refractivity contribution in [2.75, 3.05) is 31.4 Å². The van der Waals surface area contributed by atoms with Crippen LogP contribution < -0.4 is 15.0 Å². The molecule has 6 nitrogen and oxygen atoms in total. The number of amides is 2. The summed E-state index contributed by atoms with van der Waals surface area (Å²) in [6.07, 6.45) is 0.258. The van der Waals surface area contributed by atoms with Gasteiger partial charge in [-0.2, -0.15) is 0 Å². The van der Waals surface area contributed by atoms with E-state index >= 15 is 0 Å². The summed E-state index contributed by atoms with van der Waals surface area (Å²) >= 11 is 0. The van der Waals surface area contributed by atoms with Crippen LogP contribution >= 0.6 is 0 Å². The molecule has 37 heavy (non-hydrogen) atoms. The average Bonchev–Trinajstić information content (AvgIpc) is 2.86. The first-order valence-electron chi connectivity index (χ1n) is 12.6. The van der Waals surface area contributed by atoms with E-state index in [-0.39, 0.29) is 24.3 Å². The molecule has 0 fully saturated rings. The maximum atomic E-state index is 13.6. The standard InChI is InChI=1S/C31H39N3O3/c1-22(24-11-9-8-10-12-24)34(30(36)31(2,3)4)21-25-20-26(15-18-28(25)33(5)6)32-29(35)19-23-13-16-27(37-7)17-14-23/h8-18,20,22H,19,21H2,1-7H3,(H,32,35)/t22-/m1/s1. The normalized spacial score (nSPS) is 12.0. The predicted octanol–water partition coefficient (Wildman–Crippen LogP) is 6.08. The van der Waals surface area contributed by atoms with E-state index in [4.69, 9.17) is 4.74 Å². The Labute approximate surface area is 221 Å². The summed E-state index contributed by atoms with van der Waals surface area (Å²) in [6, 6.07) is 23.3. The molecule has 0 unspecified atom stereocenters. The Balaban J connectivity index is 1.88. The molecular weight excluding hydrogens is 462 g/mol. The molecule has 1 N–H and O–H groups in total. The lowest BCUT2D eigenvalue weighted by molar-refractivity contribution is -0.142. The zero-order valence-corrected chi connectivity index (χ0v) is 23.0. The van der Waals surface area contributed by atoms with Gasteiger partial charge in [-0.25, -0.2) is 0 Å². The van der Waals surface area contributed by atoms with Gasteiger partial charge in [0.2, 0.25) is 11.8 Å². The van der Waals surface area contributed by atoms with E-state index in [9.17, 15) is 9.59 Å². The second kappa shape index (κ2) is 12.0. The first-order chi connectivity index (χ1) is 17.5. The van der Waals surface area contributed by atoms with Gasteiger partial charge in [0, 0.05) is 37.4 Å². The Morgan fingerprint density at radius 2 is 1.59 bits per heavy atom. The monoisotopic (exact) mass is 501 g/mol. The van der Waals surface area contributed by atoms with Crippen LogP contribution in [0.2, 0.25) is 0 Å². The van der Waals surface area contributed by atoms with Gasteiger partial charge in [0.1, 0.15) is 5.75 Å². The van der Waals surface area contributed by atoms with Gasteiger partial charge < -0.3 is 19.9 Å². The lowest BCUT2D eigenvalue weighted by Gasteiger charge is -2.35. The number of benzene rings is 3. The largest absolute Gasteiger partial charge is 0.497 e. The third-order valence-corrected chi connectivity index (χ3v) is 6.36. The quantitative estimate of drug-likeness (QED) is 0.386. The fourth-order valence-electron chi connectivity index (χ4n) is 4.27. The molecule has 0 aromatic heterocycles. The molecule has 0 heterocycles. The van der Waals surface area contributed by atoms with Crippen molar-refractivity contribution in [2.45, 2.75) is 46.7 Å². The van der Waals surface area contributed by atoms with Crippen molar-refractivity contribution >= 4 is 23.2 Å². The molecule has 196 valence electrons. The van der Waals surface area contributed by atoms with Crippen molar-refractivity contribution in [3.05, 3.63) is 89.5 Å². The predicted molar refractivity (Wildman–Crippen MR) is 151 cm³/mol. The van der Waals surface area contributed by atoms with Crippen molar-refractivity contribution in [2.24, 2.45) is 5.41 Å². The van der Waals surface area contributed by atoms with Gasteiger partial charge >= 0.3 is 0 Å². The molecule has 0 aliphatic rings. The fraction of sp³-hybridized carbons (Fsp3) is 0.355. The molecule has 6 heteroatoms. The third-order valence-electron chi connectivity index (χ3n) is 6.36. The second-order valence-electron chi connectivity index (χ2n) is 10.6. The van der Waals surface area contributed by atoms with Crippen molar-refractivity contribution in [1.82, 2.24) is 4.90 Å². The number of nitrogens with zero attached hydrogens (tertiary/aromatic N) is 2. The van der Waals surface area contributed by atoms with E-state index in [0.29, 0.717) is 12.2 Å². The number of rotatable bonds is 9. The highest BCUT2D eigenvalue weighted by molar-refractivity contribution is 5.92. The van der Waals surface area contributed by atoms with Crippen LogP contribution in [0.25, 0.3) is 0 Å². The molecule has 0 bridgehead atoms. The molecule has 0 aliphatic heterocycles. The molecule has 0 aliphatic carbocycles. The Bertz CT molecular complexity index is 1200. The lowest BCUT2D eigenvalue weighted by atomic mass is 9.92. The van der Waals surface area contributed by atoms with Crippen molar-refractivity contribution in [1.29, 1.82) is 0 Å². The minimum Gasteiger partial charge on any atom is -0.497 e. The van der Waals surface area contributed by atoms with E-state index in [1.807, 2.05) is 105 Å². The van der Waals surface area contributed by atoms with E-state index in [1.165, 1.54) is 0 Å². The molecule has 0 spiro atoms. The number of hydrogen-bond acceptors (Lipinski definition) is 4. The minimum atomic E-state index is -0.536. The van der Waals surface area contributed by atoms with Crippen molar-refractivity contribution < 1.29 is 14.3 Å². The van der Waals surface area contributed by atoms with Crippen LogP contribution in [-0.4, -0.2) is 37.9 Å². The van der Waals surface area contributed by atoms with Crippen LogP contribution in [0.15, 0.2) is 72.8 Å². The summed E-state index contributed by atoms with van der Waals surface area (Å²) in [4.78, 5) is 30.4. The number of hydrogen-bond donors (Lipinski definition) is 1. The Morgan fingerprint density at radius 1 is 0.946 bits per heavy atom. The SMILES string of the molecule is COc1ccc(CC(=O)Nc2ccc(N(C)C)c(CN(C(=O)C(C)(C)C)[C@H](C)c3ccccc3)c2)cc1. The van der Waals surface area contributed by atoms with Crippen LogP contribution in [-0.2, 0) is 22.6 Å². The van der Waals surface area contributed by atoms with Crippen LogP contribution in [0.5, 0.6) is 5.75 Å². The number of carbonyl (C=O) groups is 2. The molecule has 0 radical (unpaired) electrons. The van der Waals surface area contributed by atoms with Gasteiger partial charge in [-0.3, -0.25) is 9.59 Å². The van der Waals surface area contributed by atoms with E-state index in [0.717, 1.165) is 28.1 Å². The van der Waals surface area contributed by atoms with E-state index in [2.05, 4.69) is 24.4 Å². The number of methoxy groups -OCH3 is 1. The van der Waals surface area contributed by atoms with Gasteiger partial charge in [-0.05, 0) is 53.9 Å². The van der Waals surface area contributed by atoms with Crippen LogP contribution in [0.3, 0.4) is 0 Å². The smallest absolute Gasteiger partial charge is 0.228 e. The van der Waals surface area contributed by atoms with Gasteiger partial charge in [0.05, 0.1) is 19.6 Å². The van der Waals surface area contributed by atoms with E-state index in [1.54, 1.807) is 7.11 Å². The van der Waals surface area contributed by atoms with Crippen molar-refractivity contribution in [3.63, 3.8) is 0 Å². The van der Waals surface area contributed by atoms with Crippen LogP contribution in [0.1, 0.15) is 50.4 Å². The summed E-state index contributed by atoms with van der Waals surface area (Å²) in [5.41, 5.74) is 4.12. The highest BCUT2D eigenvalue weighted by atomic mass is 16.5. The highest BCUT2D eigenvalue weighted by Crippen LogP contribution is 2.32. The molecule has 3 aromatic rings. The first-order valence-corrected chi connectivity index (χ1v) is 12.6. The van der Waals surface area contributed by atoms with Gasteiger partial charge in [0.25, 0.3) is 0 Å². The summed E-state index contributed by atoms with van der Waals surface area (Å²) in [5.74, 6) is 0.726. The fourth-order valence-corrected chi connectivity index (χ4v) is 4.27. The Hall–Kier alpha value is -3.80. The molecular formula is C31H39N3O3. The Morgan fingerprint density at radius 3 is 2.16 bits per heavy atom. The highest BCUT2D eigenvalue weighted by Gasteiger charge is 2.31. The van der Waals surface area contributed by atoms with Crippen molar-refractivity contribution in [3.8, 4) is 5.75 Å². The first kappa shape index (κ1) is 27.8. The summed E-state index contributed by atoms with van der Waals surface area (Å²) in [5, 5.41) is 3.03. The van der Waals surface area contributed by atoms with Crippen LogP contribution in [0.4, 0.5) is 11.4 Å². The molecule has 0 saturated carbocycles. The van der Waals surface area contributed by atoms with Gasteiger partial charge in [-0.15, -0.1) is 0 Å². The van der Waals surface area contributed by atoms with Gasteiger partial charge in [-0.1, -0.05) is 63.2 Å². The number of nitrogens with one attached hydrogen (secondary N) is 1. The molecule has 2 amide bonds. The topological polar surface area (TPSA) is 61.9 Å². The second-order valence-corrected chi connectivity index (χ2v) is 10.6. The number of anilines is 2. The molecule has 0 saturated heterocycles. The summed E-state index contributed by atoms with van der Waals surface area (Å²) in [6.45, 7) is 8.32. The minimum absolute atomic E-state index is 0.0718. The molecule has 3 rings (SSSR count). The molecule has 1 atom stereocenters. The van der Waals surface area contributed by atoms with E-state index < -0.39 is 5.41 Å². The van der Waals surface area contributed by atoms with Gasteiger partial charge in [0.15, 0.2) is 0 Å². The van der Waals surface area contributed by atoms with Crippen LogP contribution in [0, 0.1) is 5.41 Å². The zero-order chi connectivity index (χ0) is 27.2. The number of carbonyl (C=O) groups excluding carboxylic acids is 2. The zero-order valence-electron chi connectivity index (χ0n) is 23.0. The Kier molecular flexibility index (Phi) is 8.98. The molecule has 3 aromatic carbocycles. The summed E-state index contributed by atoms with van der Waals surface area (Å²) < 4.78 is 5.20. The lowest BCUT2D eigenvalue weighted by Crippen LogP contribution is -2.40. The maximum absolute atomic E-state index is 13.6. The average molecular weight is 502 g/mol. The third kappa shape index (κ3) is 7.35. The summed E-state index contributed by atoms with van der Waals surface area (Å²) in [7, 11) is 5.59. The maximum Gasteiger partial charge on any atom is 0.228 e.